The highest BCUT2D eigenvalue weighted by Gasteiger charge is 1.95. The second kappa shape index (κ2) is 11.0. The van der Waals surface area contributed by atoms with Crippen molar-refractivity contribution in [3.8, 4) is 0 Å². The predicted molar refractivity (Wildman–Crippen MR) is 63.5 cm³/mol. The van der Waals surface area contributed by atoms with E-state index >= 15 is 0 Å². The van der Waals surface area contributed by atoms with E-state index in [-0.39, 0.29) is 0 Å². The van der Waals surface area contributed by atoms with Gasteiger partial charge in [0.05, 0.1) is 6.17 Å². The van der Waals surface area contributed by atoms with Gasteiger partial charge in [-0.25, -0.2) is 0 Å². The molecule has 0 aromatic heterocycles. The maximum atomic E-state index is 5.38. The third-order valence-corrected chi connectivity index (χ3v) is 2.57. The van der Waals surface area contributed by atoms with E-state index in [1.165, 1.54) is 51.4 Å². The average Bonchev–Trinajstić information content (AvgIpc) is 2.15. The molecule has 85 valence electrons. The third-order valence-electron chi connectivity index (χ3n) is 2.57. The minimum absolute atomic E-state index is 0.591. The van der Waals surface area contributed by atoms with E-state index in [4.69, 9.17) is 11.5 Å². The number of rotatable bonds is 10. The first-order chi connectivity index (χ1) is 6.77. The number of hydrogen-bond acceptors (Lipinski definition) is 2. The van der Waals surface area contributed by atoms with Gasteiger partial charge in [-0.1, -0.05) is 64.7 Å². The van der Waals surface area contributed by atoms with Crippen molar-refractivity contribution in [1.82, 2.24) is 0 Å². The molecule has 4 N–H and O–H groups in total. The van der Waals surface area contributed by atoms with Crippen molar-refractivity contribution in [2.75, 3.05) is 0 Å². The van der Waals surface area contributed by atoms with Gasteiger partial charge in [0.1, 0.15) is 0 Å². The lowest BCUT2D eigenvalue weighted by Crippen LogP contribution is -2.19. The molecule has 0 spiro atoms. The van der Waals surface area contributed by atoms with Gasteiger partial charge in [-0.3, -0.25) is 0 Å². The minimum Gasteiger partial charge on any atom is -0.311 e. The molecule has 0 saturated carbocycles. The molecule has 2 nitrogen and oxygen atoms in total. The highest BCUT2D eigenvalue weighted by Crippen LogP contribution is 2.10. The lowest BCUT2D eigenvalue weighted by atomic mass is 10.1. The van der Waals surface area contributed by atoms with Crippen LogP contribution in [0.3, 0.4) is 0 Å². The molecular weight excluding hydrogens is 172 g/mol. The molecule has 1 radical (unpaired) electrons. The van der Waals surface area contributed by atoms with Gasteiger partial charge in [0.15, 0.2) is 0 Å². The van der Waals surface area contributed by atoms with Crippen LogP contribution in [0.2, 0.25) is 0 Å². The van der Waals surface area contributed by atoms with Crippen LogP contribution in [0.4, 0.5) is 0 Å². The van der Waals surface area contributed by atoms with Crippen LogP contribution in [-0.4, -0.2) is 0 Å². The molecular formula is C12H27N2. The van der Waals surface area contributed by atoms with Crippen LogP contribution in [0.1, 0.15) is 71.1 Å². The quantitative estimate of drug-likeness (QED) is 0.530. The van der Waals surface area contributed by atoms with Crippen LogP contribution in [0.15, 0.2) is 0 Å². The molecule has 2 heteroatoms. The third kappa shape index (κ3) is 11.9. The summed E-state index contributed by atoms with van der Waals surface area (Å²) in [5.74, 6) is 0. The first-order valence-corrected chi connectivity index (χ1v) is 6.14. The van der Waals surface area contributed by atoms with Crippen LogP contribution in [0.5, 0.6) is 0 Å². The van der Waals surface area contributed by atoms with E-state index in [9.17, 15) is 0 Å². The van der Waals surface area contributed by atoms with Crippen molar-refractivity contribution < 1.29 is 0 Å². The second-order valence-corrected chi connectivity index (χ2v) is 4.15. The van der Waals surface area contributed by atoms with Crippen molar-refractivity contribution in [2.24, 2.45) is 11.5 Å². The molecule has 0 saturated heterocycles. The van der Waals surface area contributed by atoms with Crippen LogP contribution >= 0.6 is 0 Å². The van der Waals surface area contributed by atoms with Crippen LogP contribution in [0.25, 0.3) is 0 Å². The normalized spacial score (nSPS) is 11.1. The number of hydrogen-bond donors (Lipinski definition) is 2. The van der Waals surface area contributed by atoms with Gasteiger partial charge in [-0.15, -0.1) is 0 Å². The molecule has 0 rings (SSSR count). The Bertz CT molecular complexity index is 102. The molecule has 0 atom stereocenters. The second-order valence-electron chi connectivity index (χ2n) is 4.15. The largest absolute Gasteiger partial charge is 0.311 e. The summed E-state index contributed by atoms with van der Waals surface area (Å²) in [4.78, 5) is 0. The fourth-order valence-electron chi connectivity index (χ4n) is 1.64. The summed E-state index contributed by atoms with van der Waals surface area (Å²) in [5, 5.41) is 0. The van der Waals surface area contributed by atoms with Crippen LogP contribution < -0.4 is 11.5 Å². The molecule has 0 aromatic carbocycles. The summed E-state index contributed by atoms with van der Waals surface area (Å²) >= 11 is 0. The molecule has 0 unspecified atom stereocenters. The molecule has 0 amide bonds. The Morgan fingerprint density at radius 1 is 0.714 bits per heavy atom. The minimum atomic E-state index is 0.591. The topological polar surface area (TPSA) is 52.0 Å². The summed E-state index contributed by atoms with van der Waals surface area (Å²) in [7, 11) is 0. The molecule has 0 bridgehead atoms. The van der Waals surface area contributed by atoms with Gasteiger partial charge >= 0.3 is 0 Å². The van der Waals surface area contributed by atoms with Gasteiger partial charge < -0.3 is 11.5 Å². The summed E-state index contributed by atoms with van der Waals surface area (Å²) in [5.41, 5.74) is 10.8. The van der Waals surface area contributed by atoms with Crippen molar-refractivity contribution in [3.63, 3.8) is 0 Å². The monoisotopic (exact) mass is 199 g/mol. The molecule has 0 aliphatic heterocycles. The van der Waals surface area contributed by atoms with Crippen molar-refractivity contribution in [3.05, 3.63) is 6.17 Å². The molecule has 0 aliphatic rings. The maximum Gasteiger partial charge on any atom is 0.0955 e. The molecule has 0 heterocycles. The Morgan fingerprint density at radius 3 is 1.57 bits per heavy atom. The molecule has 14 heavy (non-hydrogen) atoms. The summed E-state index contributed by atoms with van der Waals surface area (Å²) < 4.78 is 0. The van der Waals surface area contributed by atoms with Gasteiger partial charge in [0, 0.05) is 0 Å². The summed E-state index contributed by atoms with van der Waals surface area (Å²) in [6.45, 7) is 2.26. The number of unbranched alkanes of at least 4 members (excludes halogenated alkanes) is 8. The van der Waals surface area contributed by atoms with Gasteiger partial charge in [0.2, 0.25) is 0 Å². The van der Waals surface area contributed by atoms with Crippen molar-refractivity contribution >= 4 is 0 Å². The van der Waals surface area contributed by atoms with Gasteiger partial charge in [0.25, 0.3) is 0 Å². The smallest absolute Gasteiger partial charge is 0.0955 e. The summed E-state index contributed by atoms with van der Waals surface area (Å²) in [6.07, 6.45) is 13.6. The number of nitrogens with two attached hydrogens (primary N) is 2. The lowest BCUT2D eigenvalue weighted by molar-refractivity contribution is 0.556. The maximum absolute atomic E-state index is 5.38. The first-order valence-electron chi connectivity index (χ1n) is 6.14. The fraction of sp³-hybridized carbons (Fsp3) is 0.917. The van der Waals surface area contributed by atoms with E-state index in [1.54, 1.807) is 0 Å². The van der Waals surface area contributed by atoms with E-state index < -0.39 is 0 Å². The van der Waals surface area contributed by atoms with Gasteiger partial charge in [-0.05, 0) is 6.42 Å². The van der Waals surface area contributed by atoms with E-state index in [0.717, 1.165) is 12.8 Å². The Kier molecular flexibility index (Phi) is 10.9. The first kappa shape index (κ1) is 13.9. The Balaban J connectivity index is 2.85. The fourth-order valence-corrected chi connectivity index (χ4v) is 1.64. The van der Waals surface area contributed by atoms with E-state index in [1.807, 2.05) is 0 Å². The highest BCUT2D eigenvalue weighted by molar-refractivity contribution is 4.71. The Hall–Kier alpha value is -0.0800. The van der Waals surface area contributed by atoms with Crippen molar-refractivity contribution in [2.45, 2.75) is 71.1 Å². The molecule has 0 aromatic rings. The predicted octanol–water partition coefficient (Wildman–Crippen LogP) is 3.31. The van der Waals surface area contributed by atoms with Crippen LogP contribution in [0, 0.1) is 6.17 Å². The zero-order valence-corrected chi connectivity index (χ0v) is 9.73. The summed E-state index contributed by atoms with van der Waals surface area (Å²) in [6, 6.07) is 0. The lowest BCUT2D eigenvalue weighted by Gasteiger charge is -2.03. The van der Waals surface area contributed by atoms with Crippen molar-refractivity contribution in [1.29, 1.82) is 0 Å². The van der Waals surface area contributed by atoms with E-state index in [2.05, 4.69) is 6.92 Å². The Morgan fingerprint density at radius 2 is 1.14 bits per heavy atom. The standard InChI is InChI=1S/C12H27N2/c1-2-3-4-5-6-7-8-9-10-11-12(13)14/h2-11,13-14H2,1H3. The molecule has 0 aliphatic carbocycles. The highest BCUT2D eigenvalue weighted by atomic mass is 14.8. The van der Waals surface area contributed by atoms with Gasteiger partial charge in [-0.2, -0.15) is 0 Å². The zero-order chi connectivity index (χ0) is 10.6. The van der Waals surface area contributed by atoms with E-state index in [0.29, 0.717) is 6.17 Å². The zero-order valence-electron chi connectivity index (χ0n) is 9.73. The van der Waals surface area contributed by atoms with Crippen LogP contribution in [-0.2, 0) is 0 Å². The molecule has 0 fully saturated rings. The Labute approximate surface area is 89.4 Å². The average molecular weight is 199 g/mol. The SMILES string of the molecule is CCCCCCCCCCC[C](N)N.